The highest BCUT2D eigenvalue weighted by molar-refractivity contribution is 9.12. The number of thiophene rings is 1. The lowest BCUT2D eigenvalue weighted by atomic mass is 10.1. The highest BCUT2D eigenvalue weighted by Crippen LogP contribution is 2.32. The number of Topliss-reactive ketones (excluding diaryl/α,β-unsaturated/α-hetero) is 1. The van der Waals surface area contributed by atoms with E-state index in [1.165, 1.54) is 11.3 Å². The standard InChI is InChI=1S/C11H10Br2N2OS/c1-15-7(4-5-14-15)2-3-9(16)8-6-10(12)17-11(8)13/h4-6H,2-3H2,1H3. The maximum absolute atomic E-state index is 12.0. The molecule has 0 unspecified atom stereocenters. The first-order chi connectivity index (χ1) is 8.08. The molecule has 0 bridgehead atoms. The Balaban J connectivity index is 2.03. The topological polar surface area (TPSA) is 34.9 Å². The SMILES string of the molecule is Cn1nccc1CCC(=O)c1cc(Br)sc1Br. The van der Waals surface area contributed by atoms with Gasteiger partial charge in [0, 0.05) is 30.9 Å². The molecule has 17 heavy (non-hydrogen) atoms. The van der Waals surface area contributed by atoms with Crippen LogP contribution in [0.4, 0.5) is 0 Å². The van der Waals surface area contributed by atoms with Crippen molar-refractivity contribution < 1.29 is 4.79 Å². The predicted molar refractivity (Wildman–Crippen MR) is 75.6 cm³/mol. The fourth-order valence-electron chi connectivity index (χ4n) is 1.55. The number of hydrogen-bond donors (Lipinski definition) is 0. The van der Waals surface area contributed by atoms with Gasteiger partial charge in [0.2, 0.25) is 0 Å². The molecule has 0 spiro atoms. The predicted octanol–water partition coefficient (Wildman–Crippen LogP) is 3.82. The lowest BCUT2D eigenvalue weighted by Crippen LogP contribution is -2.04. The van der Waals surface area contributed by atoms with E-state index in [1.54, 1.807) is 10.9 Å². The molecular weight excluding hydrogens is 368 g/mol. The van der Waals surface area contributed by atoms with E-state index in [1.807, 2.05) is 19.2 Å². The Kier molecular flexibility index (Phi) is 4.17. The molecule has 0 aliphatic carbocycles. The molecule has 0 aliphatic heterocycles. The van der Waals surface area contributed by atoms with Crippen LogP contribution in [-0.2, 0) is 13.5 Å². The van der Waals surface area contributed by atoms with Crippen LogP contribution in [-0.4, -0.2) is 15.6 Å². The van der Waals surface area contributed by atoms with Crippen molar-refractivity contribution in [1.29, 1.82) is 0 Å². The first kappa shape index (κ1) is 13.0. The molecule has 0 aromatic carbocycles. The van der Waals surface area contributed by atoms with Crippen molar-refractivity contribution in [2.45, 2.75) is 12.8 Å². The van der Waals surface area contributed by atoms with E-state index in [0.29, 0.717) is 6.42 Å². The summed E-state index contributed by atoms with van der Waals surface area (Å²) in [5, 5.41) is 4.08. The number of halogens is 2. The second-order valence-corrected chi connectivity index (χ2v) is 7.36. The maximum Gasteiger partial charge on any atom is 0.165 e. The number of aryl methyl sites for hydroxylation is 2. The lowest BCUT2D eigenvalue weighted by molar-refractivity contribution is 0.0982. The smallest absolute Gasteiger partial charge is 0.165 e. The van der Waals surface area contributed by atoms with Gasteiger partial charge in [0.1, 0.15) is 0 Å². The zero-order valence-electron chi connectivity index (χ0n) is 9.11. The average Bonchev–Trinajstić information content (AvgIpc) is 2.81. The summed E-state index contributed by atoms with van der Waals surface area (Å²) in [6, 6.07) is 3.80. The number of ketones is 1. The monoisotopic (exact) mass is 376 g/mol. The minimum Gasteiger partial charge on any atom is -0.294 e. The minimum atomic E-state index is 0.153. The molecule has 0 saturated carbocycles. The molecule has 2 rings (SSSR count). The Morgan fingerprint density at radius 3 is 2.82 bits per heavy atom. The average molecular weight is 378 g/mol. The quantitative estimate of drug-likeness (QED) is 0.759. The second kappa shape index (κ2) is 5.46. The van der Waals surface area contributed by atoms with E-state index in [2.05, 4.69) is 37.0 Å². The van der Waals surface area contributed by atoms with E-state index >= 15 is 0 Å². The number of aromatic nitrogens is 2. The number of nitrogens with zero attached hydrogens (tertiary/aromatic N) is 2. The van der Waals surface area contributed by atoms with E-state index in [9.17, 15) is 4.79 Å². The zero-order valence-corrected chi connectivity index (χ0v) is 13.1. The van der Waals surface area contributed by atoms with Gasteiger partial charge in [-0.15, -0.1) is 11.3 Å². The molecular formula is C11H10Br2N2OS. The normalized spacial score (nSPS) is 10.8. The van der Waals surface area contributed by atoms with Crippen LogP contribution in [0.1, 0.15) is 22.5 Å². The van der Waals surface area contributed by atoms with Crippen LogP contribution in [0.15, 0.2) is 25.9 Å². The summed E-state index contributed by atoms with van der Waals surface area (Å²) >= 11 is 8.29. The molecule has 2 heterocycles. The van der Waals surface area contributed by atoms with Gasteiger partial charge in [-0.3, -0.25) is 9.48 Å². The molecule has 0 aliphatic rings. The first-order valence-electron chi connectivity index (χ1n) is 5.03. The van der Waals surface area contributed by atoms with Crippen molar-refractivity contribution in [3.05, 3.63) is 37.2 Å². The molecule has 2 aromatic heterocycles. The van der Waals surface area contributed by atoms with Crippen LogP contribution in [0, 0.1) is 0 Å². The number of hydrogen-bond acceptors (Lipinski definition) is 3. The van der Waals surface area contributed by atoms with Crippen LogP contribution in [0.25, 0.3) is 0 Å². The Hall–Kier alpha value is -0.460. The van der Waals surface area contributed by atoms with Gasteiger partial charge < -0.3 is 0 Å². The number of carbonyl (C=O) groups is 1. The first-order valence-corrected chi connectivity index (χ1v) is 7.43. The molecule has 0 saturated heterocycles. The minimum absolute atomic E-state index is 0.153. The molecule has 0 atom stereocenters. The highest BCUT2D eigenvalue weighted by atomic mass is 79.9. The summed E-state index contributed by atoms with van der Waals surface area (Å²) in [6.07, 6.45) is 2.97. The van der Waals surface area contributed by atoms with Crippen LogP contribution in [0.2, 0.25) is 0 Å². The van der Waals surface area contributed by atoms with E-state index in [-0.39, 0.29) is 5.78 Å². The van der Waals surface area contributed by atoms with Gasteiger partial charge in [0.05, 0.1) is 7.57 Å². The number of carbonyl (C=O) groups excluding carboxylic acids is 1. The van der Waals surface area contributed by atoms with E-state index < -0.39 is 0 Å². The Labute approximate surface area is 120 Å². The zero-order chi connectivity index (χ0) is 12.4. The van der Waals surface area contributed by atoms with Gasteiger partial charge in [-0.2, -0.15) is 5.10 Å². The van der Waals surface area contributed by atoms with Crippen molar-refractivity contribution in [3.63, 3.8) is 0 Å². The van der Waals surface area contributed by atoms with Crippen LogP contribution >= 0.6 is 43.2 Å². The second-order valence-electron chi connectivity index (χ2n) is 3.61. The van der Waals surface area contributed by atoms with Gasteiger partial charge >= 0.3 is 0 Å². The third kappa shape index (κ3) is 3.05. The van der Waals surface area contributed by atoms with Gasteiger partial charge in [-0.05, 0) is 50.4 Å². The van der Waals surface area contributed by atoms with Crippen molar-refractivity contribution in [3.8, 4) is 0 Å². The van der Waals surface area contributed by atoms with Crippen LogP contribution < -0.4 is 0 Å². The summed E-state index contributed by atoms with van der Waals surface area (Å²) in [5.41, 5.74) is 1.83. The van der Waals surface area contributed by atoms with E-state index in [0.717, 1.165) is 25.3 Å². The summed E-state index contributed by atoms with van der Waals surface area (Å²) in [7, 11) is 1.89. The Morgan fingerprint density at radius 2 is 2.29 bits per heavy atom. The van der Waals surface area contributed by atoms with Crippen LogP contribution in [0.5, 0.6) is 0 Å². The number of rotatable bonds is 4. The molecule has 3 nitrogen and oxygen atoms in total. The molecule has 2 aromatic rings. The van der Waals surface area contributed by atoms with Crippen molar-refractivity contribution in [2.24, 2.45) is 7.05 Å². The fraction of sp³-hybridized carbons (Fsp3) is 0.273. The van der Waals surface area contributed by atoms with Gasteiger partial charge in [0.15, 0.2) is 5.78 Å². The Bertz CT molecular complexity index is 547. The van der Waals surface area contributed by atoms with Crippen molar-refractivity contribution >= 4 is 49.0 Å². The molecule has 0 fully saturated rings. The molecule has 0 amide bonds. The van der Waals surface area contributed by atoms with Crippen molar-refractivity contribution in [1.82, 2.24) is 9.78 Å². The molecule has 0 N–H and O–H groups in total. The van der Waals surface area contributed by atoms with Crippen LogP contribution in [0.3, 0.4) is 0 Å². The summed E-state index contributed by atoms with van der Waals surface area (Å²) in [5.74, 6) is 0.153. The van der Waals surface area contributed by atoms with Gasteiger partial charge in [-0.25, -0.2) is 0 Å². The highest BCUT2D eigenvalue weighted by Gasteiger charge is 2.14. The molecule has 6 heteroatoms. The lowest BCUT2D eigenvalue weighted by Gasteiger charge is -2.01. The summed E-state index contributed by atoms with van der Waals surface area (Å²) < 4.78 is 3.65. The summed E-state index contributed by atoms with van der Waals surface area (Å²) in [6.45, 7) is 0. The molecule has 90 valence electrons. The third-order valence-electron chi connectivity index (χ3n) is 2.49. The molecule has 0 radical (unpaired) electrons. The largest absolute Gasteiger partial charge is 0.294 e. The fourth-order valence-corrected chi connectivity index (χ4v) is 4.41. The van der Waals surface area contributed by atoms with Crippen molar-refractivity contribution in [2.75, 3.05) is 0 Å². The van der Waals surface area contributed by atoms with Gasteiger partial charge in [-0.1, -0.05) is 0 Å². The summed E-state index contributed by atoms with van der Waals surface area (Å²) in [4.78, 5) is 12.0. The Morgan fingerprint density at radius 1 is 1.53 bits per heavy atom. The maximum atomic E-state index is 12.0. The van der Waals surface area contributed by atoms with Gasteiger partial charge in [0.25, 0.3) is 0 Å². The third-order valence-corrected chi connectivity index (χ3v) is 4.83. The van der Waals surface area contributed by atoms with E-state index in [4.69, 9.17) is 0 Å².